The highest BCUT2D eigenvalue weighted by molar-refractivity contribution is 5.30. The molecule has 2 nitrogen and oxygen atoms in total. The van der Waals surface area contributed by atoms with Crippen LogP contribution in [0.4, 0.5) is 0 Å². The SMILES string of the molecule is CC(C)c1cccc(OC2CC3CCCC(C2)N3)c1. The first-order valence-electron chi connectivity index (χ1n) is 7.73. The van der Waals surface area contributed by atoms with Crippen molar-refractivity contribution in [3.8, 4) is 5.75 Å². The van der Waals surface area contributed by atoms with Crippen LogP contribution in [0.3, 0.4) is 0 Å². The highest BCUT2D eigenvalue weighted by Crippen LogP contribution is 2.29. The number of hydrogen-bond acceptors (Lipinski definition) is 2. The molecule has 0 amide bonds. The molecule has 1 N–H and O–H groups in total. The van der Waals surface area contributed by atoms with Gasteiger partial charge in [-0.25, -0.2) is 0 Å². The average Bonchev–Trinajstić information content (AvgIpc) is 2.38. The van der Waals surface area contributed by atoms with Crippen LogP contribution in [-0.4, -0.2) is 18.2 Å². The molecule has 2 heterocycles. The first-order valence-corrected chi connectivity index (χ1v) is 7.73. The van der Waals surface area contributed by atoms with Crippen molar-refractivity contribution >= 4 is 0 Å². The smallest absolute Gasteiger partial charge is 0.120 e. The summed E-state index contributed by atoms with van der Waals surface area (Å²) < 4.78 is 6.24. The molecule has 2 unspecified atom stereocenters. The third-order valence-electron chi connectivity index (χ3n) is 4.50. The van der Waals surface area contributed by atoms with Crippen molar-refractivity contribution in [1.29, 1.82) is 0 Å². The van der Waals surface area contributed by atoms with E-state index < -0.39 is 0 Å². The molecule has 0 spiro atoms. The number of benzene rings is 1. The first-order chi connectivity index (χ1) is 9.20. The third-order valence-corrected chi connectivity index (χ3v) is 4.50. The maximum Gasteiger partial charge on any atom is 0.120 e. The molecular formula is C17H25NO. The van der Waals surface area contributed by atoms with Crippen LogP contribution in [0.25, 0.3) is 0 Å². The zero-order chi connectivity index (χ0) is 13.2. The van der Waals surface area contributed by atoms with Crippen molar-refractivity contribution in [3.63, 3.8) is 0 Å². The molecule has 2 atom stereocenters. The number of fused-ring (bicyclic) bond motifs is 2. The van der Waals surface area contributed by atoms with Gasteiger partial charge in [0.05, 0.1) is 0 Å². The van der Waals surface area contributed by atoms with Crippen molar-refractivity contribution in [2.45, 2.75) is 70.1 Å². The van der Waals surface area contributed by atoms with Crippen molar-refractivity contribution in [2.75, 3.05) is 0 Å². The topological polar surface area (TPSA) is 21.3 Å². The van der Waals surface area contributed by atoms with Crippen LogP contribution in [0.15, 0.2) is 24.3 Å². The molecule has 0 aromatic heterocycles. The quantitative estimate of drug-likeness (QED) is 0.890. The number of nitrogens with one attached hydrogen (secondary N) is 1. The van der Waals surface area contributed by atoms with Gasteiger partial charge < -0.3 is 10.1 Å². The summed E-state index contributed by atoms with van der Waals surface area (Å²) in [7, 11) is 0. The summed E-state index contributed by atoms with van der Waals surface area (Å²) >= 11 is 0. The summed E-state index contributed by atoms with van der Waals surface area (Å²) in [5.74, 6) is 1.62. The predicted molar refractivity (Wildman–Crippen MR) is 78.7 cm³/mol. The van der Waals surface area contributed by atoms with E-state index >= 15 is 0 Å². The van der Waals surface area contributed by atoms with Crippen LogP contribution in [0.2, 0.25) is 0 Å². The zero-order valence-electron chi connectivity index (χ0n) is 12.1. The Kier molecular flexibility index (Phi) is 3.79. The van der Waals surface area contributed by atoms with Gasteiger partial charge in [-0.15, -0.1) is 0 Å². The van der Waals surface area contributed by atoms with Crippen molar-refractivity contribution < 1.29 is 4.74 Å². The molecule has 2 aliphatic heterocycles. The molecule has 1 aromatic rings. The van der Waals surface area contributed by atoms with Gasteiger partial charge in [-0.3, -0.25) is 0 Å². The Morgan fingerprint density at radius 2 is 1.89 bits per heavy atom. The van der Waals surface area contributed by atoms with E-state index in [1.807, 2.05) is 0 Å². The molecule has 0 aliphatic carbocycles. The van der Waals surface area contributed by atoms with Crippen molar-refractivity contribution in [3.05, 3.63) is 29.8 Å². The Morgan fingerprint density at radius 1 is 1.16 bits per heavy atom. The minimum Gasteiger partial charge on any atom is -0.490 e. The Balaban J connectivity index is 1.66. The fraction of sp³-hybridized carbons (Fsp3) is 0.647. The maximum absolute atomic E-state index is 6.24. The second-order valence-corrected chi connectivity index (χ2v) is 6.43. The van der Waals surface area contributed by atoms with Crippen LogP contribution in [-0.2, 0) is 0 Å². The van der Waals surface area contributed by atoms with E-state index in [2.05, 4.69) is 43.4 Å². The standard InChI is InChI=1S/C17H25NO/c1-12(2)13-5-3-8-16(9-13)19-17-10-14-6-4-7-15(11-17)18-14/h3,5,8-9,12,14-15,17-18H,4,6-7,10-11H2,1-2H3. The fourth-order valence-corrected chi connectivity index (χ4v) is 3.45. The maximum atomic E-state index is 6.24. The summed E-state index contributed by atoms with van der Waals surface area (Å²) in [5, 5.41) is 3.72. The molecule has 2 aliphatic rings. The first kappa shape index (κ1) is 13.0. The van der Waals surface area contributed by atoms with Gasteiger partial charge in [-0.2, -0.15) is 0 Å². The van der Waals surface area contributed by atoms with E-state index in [-0.39, 0.29) is 0 Å². The monoisotopic (exact) mass is 259 g/mol. The normalized spacial score (nSPS) is 30.4. The van der Waals surface area contributed by atoms with Gasteiger partial charge in [0.2, 0.25) is 0 Å². The molecule has 2 fully saturated rings. The Morgan fingerprint density at radius 3 is 2.58 bits per heavy atom. The van der Waals surface area contributed by atoms with Gasteiger partial charge in [0.1, 0.15) is 11.9 Å². The van der Waals surface area contributed by atoms with Gasteiger partial charge in [0.15, 0.2) is 0 Å². The molecule has 3 rings (SSSR count). The fourth-order valence-electron chi connectivity index (χ4n) is 3.45. The lowest BCUT2D eigenvalue weighted by atomic mass is 9.85. The van der Waals surface area contributed by atoms with E-state index in [0.29, 0.717) is 24.1 Å². The second-order valence-electron chi connectivity index (χ2n) is 6.43. The average molecular weight is 259 g/mol. The molecule has 2 heteroatoms. The molecule has 2 bridgehead atoms. The van der Waals surface area contributed by atoms with Crippen LogP contribution in [0.1, 0.15) is 57.4 Å². The van der Waals surface area contributed by atoms with Crippen molar-refractivity contribution in [1.82, 2.24) is 5.32 Å². The zero-order valence-corrected chi connectivity index (χ0v) is 12.1. The summed E-state index contributed by atoms with van der Waals surface area (Å²) in [6.07, 6.45) is 6.77. The van der Waals surface area contributed by atoms with E-state index in [0.717, 1.165) is 5.75 Å². The molecule has 104 valence electrons. The molecular weight excluding hydrogens is 234 g/mol. The van der Waals surface area contributed by atoms with Gasteiger partial charge in [-0.1, -0.05) is 32.4 Å². The summed E-state index contributed by atoms with van der Waals surface area (Å²) in [5.41, 5.74) is 1.37. The minimum atomic E-state index is 0.402. The van der Waals surface area contributed by atoms with Crippen LogP contribution < -0.4 is 10.1 Å². The minimum absolute atomic E-state index is 0.402. The lowest BCUT2D eigenvalue weighted by molar-refractivity contribution is 0.0926. The number of ether oxygens (including phenoxy) is 1. The lowest BCUT2D eigenvalue weighted by Crippen LogP contribution is -2.51. The van der Waals surface area contributed by atoms with E-state index in [9.17, 15) is 0 Å². The van der Waals surface area contributed by atoms with Crippen molar-refractivity contribution in [2.24, 2.45) is 0 Å². The summed E-state index contributed by atoms with van der Waals surface area (Å²) in [6, 6.07) is 9.99. The Bertz CT molecular complexity index is 417. The second kappa shape index (κ2) is 5.54. The molecule has 19 heavy (non-hydrogen) atoms. The van der Waals surface area contributed by atoms with Crippen LogP contribution in [0, 0.1) is 0 Å². The third kappa shape index (κ3) is 3.11. The molecule has 2 saturated heterocycles. The van der Waals surface area contributed by atoms with Crippen LogP contribution in [0.5, 0.6) is 5.75 Å². The van der Waals surface area contributed by atoms with E-state index in [1.165, 1.54) is 37.7 Å². The highest BCUT2D eigenvalue weighted by atomic mass is 16.5. The lowest BCUT2D eigenvalue weighted by Gasteiger charge is -2.40. The predicted octanol–water partition coefficient (Wildman–Crippen LogP) is 3.86. The largest absolute Gasteiger partial charge is 0.490 e. The summed E-state index contributed by atoms with van der Waals surface area (Å²) in [6.45, 7) is 4.46. The molecule has 0 saturated carbocycles. The van der Waals surface area contributed by atoms with Gasteiger partial charge in [0, 0.05) is 12.1 Å². The Labute approximate surface area is 116 Å². The van der Waals surface area contributed by atoms with E-state index in [4.69, 9.17) is 4.74 Å². The number of rotatable bonds is 3. The summed E-state index contributed by atoms with van der Waals surface area (Å²) in [4.78, 5) is 0. The van der Waals surface area contributed by atoms with Gasteiger partial charge in [-0.05, 0) is 49.3 Å². The van der Waals surface area contributed by atoms with Gasteiger partial charge in [0.25, 0.3) is 0 Å². The highest BCUT2D eigenvalue weighted by Gasteiger charge is 2.32. The number of hydrogen-bond donors (Lipinski definition) is 1. The van der Waals surface area contributed by atoms with Crippen LogP contribution >= 0.6 is 0 Å². The number of piperidine rings is 2. The Hall–Kier alpha value is -1.02. The molecule has 1 aromatic carbocycles. The van der Waals surface area contributed by atoms with E-state index in [1.54, 1.807) is 0 Å². The molecule has 0 radical (unpaired) electrons. The van der Waals surface area contributed by atoms with Gasteiger partial charge >= 0.3 is 0 Å².